The molecule has 0 spiro atoms. The smallest absolute Gasteiger partial charge is 0.127 e. The number of hydrogen-bond donors (Lipinski definition) is 1. The van der Waals surface area contributed by atoms with Crippen LogP contribution in [0.5, 0.6) is 0 Å². The zero-order valence-electron chi connectivity index (χ0n) is 8.55. The normalized spacial score (nSPS) is 17.1. The van der Waals surface area contributed by atoms with Crippen LogP contribution in [-0.4, -0.2) is 0 Å². The molecule has 0 atom stereocenters. The van der Waals surface area contributed by atoms with Gasteiger partial charge in [-0.1, -0.05) is 12.1 Å². The Morgan fingerprint density at radius 3 is 2.43 bits per heavy atom. The van der Waals surface area contributed by atoms with Crippen molar-refractivity contribution in [3.8, 4) is 0 Å². The first kappa shape index (κ1) is 10.0. The summed E-state index contributed by atoms with van der Waals surface area (Å²) >= 11 is 4.43. The van der Waals surface area contributed by atoms with Crippen molar-refractivity contribution in [3.63, 3.8) is 0 Å². The molecule has 1 aromatic carbocycles. The van der Waals surface area contributed by atoms with E-state index in [0.717, 1.165) is 24.0 Å². The van der Waals surface area contributed by atoms with Gasteiger partial charge in [0.05, 0.1) is 0 Å². The van der Waals surface area contributed by atoms with E-state index in [2.05, 4.69) is 12.6 Å². The number of halogens is 1. The van der Waals surface area contributed by atoms with Crippen LogP contribution in [0, 0.1) is 5.82 Å². The molecule has 0 radical (unpaired) electrons. The predicted octanol–water partition coefficient (Wildman–Crippen LogP) is 3.87. The molecule has 1 saturated carbocycles. The fraction of sp³-hybridized carbons (Fsp3) is 0.500. The second-order valence-corrected chi connectivity index (χ2v) is 5.69. The summed E-state index contributed by atoms with van der Waals surface area (Å²) in [6, 6.07) is 5.53. The molecule has 0 saturated heterocycles. The van der Waals surface area contributed by atoms with E-state index in [1.54, 1.807) is 6.07 Å². The summed E-state index contributed by atoms with van der Waals surface area (Å²) in [6.45, 7) is 3.95. The molecule has 0 N–H and O–H groups in total. The number of rotatable bonds is 2. The van der Waals surface area contributed by atoms with Crippen LogP contribution in [0.4, 0.5) is 4.39 Å². The van der Waals surface area contributed by atoms with Crippen LogP contribution in [0.2, 0.25) is 0 Å². The SMILES string of the molecule is CC(C)(S)c1ccc(C2CC2)c(F)c1. The summed E-state index contributed by atoms with van der Waals surface area (Å²) in [5.74, 6) is 0.416. The van der Waals surface area contributed by atoms with E-state index in [9.17, 15) is 4.39 Å². The Morgan fingerprint density at radius 2 is 2.00 bits per heavy atom. The topological polar surface area (TPSA) is 0 Å². The van der Waals surface area contributed by atoms with Gasteiger partial charge in [0.15, 0.2) is 0 Å². The molecule has 1 aliphatic carbocycles. The molecular weight excluding hydrogens is 195 g/mol. The van der Waals surface area contributed by atoms with Crippen LogP contribution in [-0.2, 0) is 4.75 Å². The molecule has 2 heteroatoms. The van der Waals surface area contributed by atoms with Gasteiger partial charge >= 0.3 is 0 Å². The van der Waals surface area contributed by atoms with Gasteiger partial charge in [-0.25, -0.2) is 4.39 Å². The van der Waals surface area contributed by atoms with Crippen molar-refractivity contribution in [1.29, 1.82) is 0 Å². The van der Waals surface area contributed by atoms with Crippen LogP contribution in [0.15, 0.2) is 18.2 Å². The minimum Gasteiger partial charge on any atom is -0.207 e. The number of thiol groups is 1. The average Bonchev–Trinajstić information content (AvgIpc) is 2.85. The molecule has 1 aromatic rings. The lowest BCUT2D eigenvalue weighted by Crippen LogP contribution is -2.08. The quantitative estimate of drug-likeness (QED) is 0.704. The Morgan fingerprint density at radius 1 is 1.36 bits per heavy atom. The van der Waals surface area contributed by atoms with E-state index in [-0.39, 0.29) is 10.6 Å². The van der Waals surface area contributed by atoms with Crippen LogP contribution in [0.3, 0.4) is 0 Å². The first-order valence-electron chi connectivity index (χ1n) is 5.01. The molecule has 1 aliphatic rings. The molecule has 0 nitrogen and oxygen atoms in total. The Labute approximate surface area is 89.9 Å². The molecule has 76 valence electrons. The van der Waals surface area contributed by atoms with Crippen molar-refractivity contribution in [2.24, 2.45) is 0 Å². The van der Waals surface area contributed by atoms with E-state index in [1.165, 1.54) is 0 Å². The summed E-state index contributed by atoms with van der Waals surface area (Å²) in [5.41, 5.74) is 1.83. The van der Waals surface area contributed by atoms with Crippen molar-refractivity contribution < 1.29 is 4.39 Å². The average molecular weight is 210 g/mol. The summed E-state index contributed by atoms with van der Waals surface area (Å²) < 4.78 is 13.4. The summed E-state index contributed by atoms with van der Waals surface area (Å²) in [4.78, 5) is 0. The highest BCUT2D eigenvalue weighted by Gasteiger charge is 2.27. The zero-order chi connectivity index (χ0) is 10.3. The molecule has 1 fully saturated rings. The summed E-state index contributed by atoms with van der Waals surface area (Å²) in [7, 11) is 0. The van der Waals surface area contributed by atoms with E-state index in [4.69, 9.17) is 0 Å². The van der Waals surface area contributed by atoms with Crippen molar-refractivity contribution in [2.75, 3.05) is 0 Å². The number of benzene rings is 1. The van der Waals surface area contributed by atoms with Gasteiger partial charge in [0.25, 0.3) is 0 Å². The maximum Gasteiger partial charge on any atom is 0.127 e. The Hall–Kier alpha value is -0.500. The zero-order valence-corrected chi connectivity index (χ0v) is 9.44. The highest BCUT2D eigenvalue weighted by molar-refractivity contribution is 7.81. The molecule has 0 amide bonds. The van der Waals surface area contributed by atoms with Crippen LogP contribution < -0.4 is 0 Å². The predicted molar refractivity (Wildman–Crippen MR) is 60.4 cm³/mol. The van der Waals surface area contributed by atoms with Gasteiger partial charge in [0.1, 0.15) is 5.82 Å². The largest absolute Gasteiger partial charge is 0.207 e. The maximum atomic E-state index is 13.6. The van der Waals surface area contributed by atoms with Crippen LogP contribution in [0.25, 0.3) is 0 Å². The van der Waals surface area contributed by atoms with Crippen LogP contribution >= 0.6 is 12.6 Å². The van der Waals surface area contributed by atoms with Gasteiger partial charge in [-0.3, -0.25) is 0 Å². The van der Waals surface area contributed by atoms with E-state index in [1.807, 2.05) is 26.0 Å². The molecule has 2 rings (SSSR count). The monoisotopic (exact) mass is 210 g/mol. The fourth-order valence-corrected chi connectivity index (χ4v) is 1.77. The third kappa shape index (κ3) is 1.95. The minimum atomic E-state index is -0.261. The Kier molecular flexibility index (Phi) is 2.34. The minimum absolute atomic E-state index is 0.0628. The van der Waals surface area contributed by atoms with Crippen molar-refractivity contribution in [1.82, 2.24) is 0 Å². The molecule has 0 heterocycles. The molecule has 0 bridgehead atoms. The van der Waals surface area contributed by atoms with E-state index in [0.29, 0.717) is 5.92 Å². The third-order valence-electron chi connectivity index (χ3n) is 2.72. The molecule has 14 heavy (non-hydrogen) atoms. The summed E-state index contributed by atoms with van der Waals surface area (Å²) in [6.07, 6.45) is 2.28. The van der Waals surface area contributed by atoms with Gasteiger partial charge < -0.3 is 0 Å². The molecule has 0 unspecified atom stereocenters. The lowest BCUT2D eigenvalue weighted by Gasteiger charge is -2.18. The third-order valence-corrected chi connectivity index (χ3v) is 2.98. The van der Waals surface area contributed by atoms with Crippen LogP contribution in [0.1, 0.15) is 43.7 Å². The van der Waals surface area contributed by atoms with Gasteiger partial charge in [0.2, 0.25) is 0 Å². The lowest BCUT2D eigenvalue weighted by atomic mass is 9.99. The fourth-order valence-electron chi connectivity index (χ4n) is 1.63. The first-order chi connectivity index (χ1) is 6.48. The maximum absolute atomic E-state index is 13.6. The highest BCUT2D eigenvalue weighted by Crippen LogP contribution is 2.42. The Balaban J connectivity index is 2.35. The second kappa shape index (κ2) is 3.27. The van der Waals surface area contributed by atoms with Crippen molar-refractivity contribution >= 4 is 12.6 Å². The van der Waals surface area contributed by atoms with E-state index >= 15 is 0 Å². The summed E-state index contributed by atoms with van der Waals surface area (Å²) in [5, 5.41) is 0. The standard InChI is InChI=1S/C12H15FS/c1-12(2,14)9-5-6-10(8-3-4-8)11(13)7-9/h5-8,14H,3-4H2,1-2H3. The van der Waals surface area contributed by atoms with Gasteiger partial charge in [-0.15, -0.1) is 0 Å². The molecule has 0 aromatic heterocycles. The lowest BCUT2D eigenvalue weighted by molar-refractivity contribution is 0.604. The van der Waals surface area contributed by atoms with Crippen molar-refractivity contribution in [2.45, 2.75) is 37.4 Å². The molecule has 0 aliphatic heterocycles. The first-order valence-corrected chi connectivity index (χ1v) is 5.45. The second-order valence-electron chi connectivity index (χ2n) is 4.57. The van der Waals surface area contributed by atoms with Gasteiger partial charge in [-0.05, 0) is 49.8 Å². The number of hydrogen-bond acceptors (Lipinski definition) is 1. The van der Waals surface area contributed by atoms with Gasteiger partial charge in [0, 0.05) is 4.75 Å². The van der Waals surface area contributed by atoms with Crippen molar-refractivity contribution in [3.05, 3.63) is 35.1 Å². The van der Waals surface area contributed by atoms with Gasteiger partial charge in [-0.2, -0.15) is 12.6 Å². The Bertz CT molecular complexity index is 348. The highest BCUT2D eigenvalue weighted by atomic mass is 32.1. The molecular formula is C12H15FS. The van der Waals surface area contributed by atoms with E-state index < -0.39 is 0 Å².